The molecule has 350 valence electrons. The third-order valence-electron chi connectivity index (χ3n) is 12.2. The van der Waals surface area contributed by atoms with Crippen molar-refractivity contribution in [2.45, 2.75) is 61.7 Å². The van der Waals surface area contributed by atoms with Crippen LogP contribution in [0.25, 0.3) is 11.1 Å². The number of methoxy groups -OCH3 is 1. The standard InChI is InChI=1S/C56H56ClN3O7S/c1-5-32-67-50(62)35-49(61)51(37(2)3)59-53(63)47(36-68-56(39-21-9-6-10-22-39,40-23-11-7-12-24-40)41-25-13-8-14-26-41)58-54(64)48(34-38-20-19-27-42(57)33-38)60(55(65)66-4)52-45-30-17-15-28-43(45)44-29-16-18-31-46(44)52/h5-31,33,37,47-49,51-52,61H,1,32,34-36H2,2-4H3,(H,58,64)(H,59,63)/t47-,48-,49+,51-/m1/s1. The van der Waals surface area contributed by atoms with E-state index in [0.29, 0.717) is 10.6 Å². The van der Waals surface area contributed by atoms with Gasteiger partial charge in [0.1, 0.15) is 18.7 Å². The summed E-state index contributed by atoms with van der Waals surface area (Å²) >= 11 is 8.01. The molecule has 0 aliphatic heterocycles. The number of ether oxygens (including phenoxy) is 2. The van der Waals surface area contributed by atoms with Gasteiger partial charge in [0.2, 0.25) is 11.8 Å². The number of amides is 3. The first-order valence-corrected chi connectivity index (χ1v) is 24.0. The Morgan fingerprint density at radius 2 is 1.28 bits per heavy atom. The number of benzene rings is 6. The minimum atomic E-state index is -1.33. The number of nitrogens with one attached hydrogen (secondary N) is 2. The summed E-state index contributed by atoms with van der Waals surface area (Å²) in [6.45, 7) is 7.21. The van der Waals surface area contributed by atoms with Crippen LogP contribution in [-0.4, -0.2) is 77.6 Å². The molecule has 10 nitrogen and oxygen atoms in total. The molecule has 0 radical (unpaired) electrons. The van der Waals surface area contributed by atoms with Gasteiger partial charge in [-0.15, -0.1) is 11.8 Å². The molecule has 1 aliphatic rings. The summed E-state index contributed by atoms with van der Waals surface area (Å²) in [6.07, 6.45) is -1.02. The van der Waals surface area contributed by atoms with Crippen molar-refractivity contribution in [2.24, 2.45) is 5.92 Å². The Kier molecular flexibility index (Phi) is 16.6. The van der Waals surface area contributed by atoms with E-state index in [0.717, 1.165) is 38.9 Å². The maximum Gasteiger partial charge on any atom is 0.410 e. The maximum atomic E-state index is 15.6. The number of carbonyl (C=O) groups excluding carboxylic acids is 4. The molecular formula is C56H56ClN3O7S. The maximum absolute atomic E-state index is 15.6. The Morgan fingerprint density at radius 1 is 0.750 bits per heavy atom. The van der Waals surface area contributed by atoms with Gasteiger partial charge in [-0.3, -0.25) is 19.3 Å². The van der Waals surface area contributed by atoms with E-state index in [1.54, 1.807) is 18.2 Å². The molecule has 6 aromatic carbocycles. The Morgan fingerprint density at radius 3 is 1.78 bits per heavy atom. The highest BCUT2D eigenvalue weighted by Crippen LogP contribution is 2.49. The second kappa shape index (κ2) is 22.9. The van der Waals surface area contributed by atoms with Crippen LogP contribution >= 0.6 is 23.4 Å². The number of carbonyl (C=O) groups is 4. The molecular weight excluding hydrogens is 894 g/mol. The van der Waals surface area contributed by atoms with Gasteiger partial charge in [-0.2, -0.15) is 0 Å². The molecule has 0 heterocycles. The average Bonchev–Trinajstić information content (AvgIpc) is 3.69. The van der Waals surface area contributed by atoms with E-state index in [2.05, 4.69) is 17.2 Å². The molecule has 12 heteroatoms. The molecule has 1 aliphatic carbocycles. The predicted octanol–water partition coefficient (Wildman–Crippen LogP) is 9.92. The number of fused-ring (bicyclic) bond motifs is 3. The first-order valence-electron chi connectivity index (χ1n) is 22.6. The van der Waals surface area contributed by atoms with Gasteiger partial charge in [0, 0.05) is 17.2 Å². The van der Waals surface area contributed by atoms with Crippen LogP contribution in [0.2, 0.25) is 5.02 Å². The Hall–Kier alpha value is -6.66. The van der Waals surface area contributed by atoms with Gasteiger partial charge < -0.3 is 25.2 Å². The fourth-order valence-corrected chi connectivity index (χ4v) is 10.8. The molecule has 4 atom stereocenters. The second-order valence-corrected chi connectivity index (χ2v) is 18.6. The highest BCUT2D eigenvalue weighted by molar-refractivity contribution is 8.00. The van der Waals surface area contributed by atoms with E-state index >= 15 is 9.59 Å². The average molecular weight is 951 g/mol. The minimum Gasteiger partial charge on any atom is -0.461 e. The number of thioether (sulfide) groups is 1. The largest absolute Gasteiger partial charge is 0.461 e. The third kappa shape index (κ3) is 11.0. The van der Waals surface area contributed by atoms with Crippen molar-refractivity contribution < 1.29 is 33.8 Å². The fraction of sp³-hybridized carbons (Fsp3) is 0.250. The summed E-state index contributed by atoms with van der Waals surface area (Å²) in [7, 11) is 1.28. The molecule has 0 saturated heterocycles. The molecule has 7 rings (SSSR count). The smallest absolute Gasteiger partial charge is 0.410 e. The first-order chi connectivity index (χ1) is 33.0. The van der Waals surface area contributed by atoms with Gasteiger partial charge in [0.05, 0.1) is 36.5 Å². The molecule has 0 bridgehead atoms. The Bertz CT molecular complexity index is 2540. The summed E-state index contributed by atoms with van der Waals surface area (Å²) in [5.41, 5.74) is 6.95. The van der Waals surface area contributed by atoms with Crippen molar-refractivity contribution in [3.8, 4) is 11.1 Å². The zero-order chi connectivity index (χ0) is 48.2. The van der Waals surface area contributed by atoms with Gasteiger partial charge in [0.25, 0.3) is 0 Å². The van der Waals surface area contributed by atoms with Crippen molar-refractivity contribution in [2.75, 3.05) is 19.5 Å². The van der Waals surface area contributed by atoms with Crippen molar-refractivity contribution in [1.82, 2.24) is 15.5 Å². The summed E-state index contributed by atoms with van der Waals surface area (Å²) in [5.74, 6) is -2.23. The topological polar surface area (TPSA) is 134 Å². The van der Waals surface area contributed by atoms with Gasteiger partial charge in [-0.05, 0) is 62.6 Å². The number of hydrogen-bond donors (Lipinski definition) is 3. The van der Waals surface area contributed by atoms with Crippen LogP contribution in [0.5, 0.6) is 0 Å². The zero-order valence-corrected chi connectivity index (χ0v) is 39.9. The van der Waals surface area contributed by atoms with E-state index in [1.165, 1.54) is 29.8 Å². The molecule has 0 fully saturated rings. The lowest BCUT2D eigenvalue weighted by Gasteiger charge is -2.38. The van der Waals surface area contributed by atoms with Gasteiger partial charge in [0.15, 0.2) is 0 Å². The van der Waals surface area contributed by atoms with Crippen LogP contribution in [0.15, 0.2) is 176 Å². The molecule has 0 saturated carbocycles. The SMILES string of the molecule is C=CCOC(=O)C[C@H](O)[C@H](NC(=O)[C@@H](CSC(c1ccccc1)(c1ccccc1)c1ccccc1)NC(=O)[C@@H](Cc1cccc(Cl)c1)N(C(=O)OC)C1c2ccccc2-c2ccccc21)C(C)C. The fourth-order valence-electron chi connectivity index (χ4n) is 9.06. The number of hydrogen-bond acceptors (Lipinski definition) is 8. The number of halogens is 1. The van der Waals surface area contributed by atoms with E-state index < -0.39 is 58.9 Å². The molecule has 3 N–H and O–H groups in total. The minimum absolute atomic E-state index is 0.00590. The van der Waals surface area contributed by atoms with Crippen LogP contribution in [0.4, 0.5) is 4.79 Å². The molecule has 0 aromatic heterocycles. The lowest BCUT2D eigenvalue weighted by Crippen LogP contribution is -2.59. The lowest BCUT2D eigenvalue weighted by molar-refractivity contribution is -0.145. The van der Waals surface area contributed by atoms with E-state index in [4.69, 9.17) is 21.1 Å². The van der Waals surface area contributed by atoms with Crippen molar-refractivity contribution >= 4 is 47.2 Å². The summed E-state index contributed by atoms with van der Waals surface area (Å²) < 4.78 is 9.81. The molecule has 6 aromatic rings. The molecule has 0 spiro atoms. The lowest BCUT2D eigenvalue weighted by atomic mass is 9.84. The Balaban J connectivity index is 1.34. The van der Waals surface area contributed by atoms with Crippen LogP contribution in [0.1, 0.15) is 59.7 Å². The zero-order valence-electron chi connectivity index (χ0n) is 38.3. The molecule has 68 heavy (non-hydrogen) atoms. The number of esters is 1. The summed E-state index contributed by atoms with van der Waals surface area (Å²) in [5, 5.41) is 18.1. The first kappa shape index (κ1) is 49.3. The number of rotatable bonds is 20. The number of nitrogens with zero attached hydrogens (tertiary/aromatic N) is 1. The van der Waals surface area contributed by atoms with Crippen LogP contribution < -0.4 is 10.6 Å². The number of aliphatic hydroxyl groups is 1. The summed E-state index contributed by atoms with van der Waals surface area (Å²) in [6, 6.07) is 48.4. The van der Waals surface area contributed by atoms with Crippen LogP contribution in [-0.2, 0) is 35.0 Å². The summed E-state index contributed by atoms with van der Waals surface area (Å²) in [4.78, 5) is 59.4. The molecule has 3 amide bonds. The van der Waals surface area contributed by atoms with E-state index in [-0.39, 0.29) is 31.1 Å². The molecule has 0 unspecified atom stereocenters. The van der Waals surface area contributed by atoms with Crippen molar-refractivity contribution in [1.29, 1.82) is 0 Å². The predicted molar refractivity (Wildman–Crippen MR) is 269 cm³/mol. The Labute approximate surface area is 407 Å². The van der Waals surface area contributed by atoms with Crippen LogP contribution in [0, 0.1) is 5.92 Å². The van der Waals surface area contributed by atoms with Gasteiger partial charge in [-0.25, -0.2) is 4.79 Å². The van der Waals surface area contributed by atoms with Crippen molar-refractivity contribution in [3.05, 3.63) is 215 Å². The number of aliphatic hydroxyl groups excluding tert-OH is 1. The quantitative estimate of drug-likeness (QED) is 0.0392. The van der Waals surface area contributed by atoms with Gasteiger partial charge in [-0.1, -0.05) is 190 Å². The van der Waals surface area contributed by atoms with Crippen LogP contribution in [0.3, 0.4) is 0 Å². The third-order valence-corrected chi connectivity index (χ3v) is 14.1. The highest BCUT2D eigenvalue weighted by atomic mass is 35.5. The second-order valence-electron chi connectivity index (χ2n) is 17.0. The normalized spacial score (nSPS) is 13.8. The van der Waals surface area contributed by atoms with Crippen molar-refractivity contribution in [3.63, 3.8) is 0 Å². The van der Waals surface area contributed by atoms with E-state index in [1.807, 2.05) is 159 Å². The van der Waals surface area contributed by atoms with Gasteiger partial charge >= 0.3 is 12.1 Å². The monoisotopic (exact) mass is 949 g/mol. The highest BCUT2D eigenvalue weighted by Gasteiger charge is 2.44. The van der Waals surface area contributed by atoms with E-state index in [9.17, 15) is 14.7 Å².